The van der Waals surface area contributed by atoms with E-state index in [0.717, 1.165) is 11.3 Å². The Morgan fingerprint density at radius 3 is 2.83 bits per heavy atom. The highest BCUT2D eigenvalue weighted by Crippen LogP contribution is 2.17. The molecule has 1 rings (SSSR count). The van der Waals surface area contributed by atoms with Crippen molar-refractivity contribution < 1.29 is 4.74 Å². The van der Waals surface area contributed by atoms with E-state index in [1.54, 1.807) is 18.2 Å². The van der Waals surface area contributed by atoms with Gasteiger partial charge in [0.05, 0.1) is 6.61 Å². The number of ether oxygens (including phenoxy) is 1. The Balaban J connectivity index is 3.00. The van der Waals surface area contributed by atoms with Crippen molar-refractivity contribution in [3.8, 4) is 18.1 Å². The monoisotopic (exact) mass is 161 g/mol. The van der Waals surface area contributed by atoms with E-state index in [4.69, 9.17) is 16.9 Å². The Bertz CT molecular complexity index is 312. The topological polar surface area (TPSA) is 35.2 Å². The van der Waals surface area contributed by atoms with Crippen molar-refractivity contribution in [2.24, 2.45) is 0 Å². The number of anilines is 1. The molecule has 2 heteroatoms. The minimum atomic E-state index is 0.619. The highest BCUT2D eigenvalue weighted by Gasteiger charge is 1.96. The summed E-state index contributed by atoms with van der Waals surface area (Å²) in [5, 5.41) is 0. The van der Waals surface area contributed by atoms with Crippen molar-refractivity contribution in [1.29, 1.82) is 0 Å². The zero-order valence-electron chi connectivity index (χ0n) is 7.00. The van der Waals surface area contributed by atoms with Gasteiger partial charge < -0.3 is 10.5 Å². The van der Waals surface area contributed by atoms with Gasteiger partial charge in [-0.2, -0.15) is 0 Å². The number of hydrogen-bond acceptors (Lipinski definition) is 2. The minimum absolute atomic E-state index is 0.619. The molecule has 0 aromatic heterocycles. The van der Waals surface area contributed by atoms with Crippen molar-refractivity contribution in [2.75, 3.05) is 12.3 Å². The molecule has 0 aliphatic rings. The SMILES string of the molecule is C#Cc1cc(N)cc(OCC)c1. The Kier molecular flexibility index (Phi) is 2.60. The van der Waals surface area contributed by atoms with Crippen LogP contribution in [0.5, 0.6) is 5.75 Å². The van der Waals surface area contributed by atoms with E-state index < -0.39 is 0 Å². The lowest BCUT2D eigenvalue weighted by Crippen LogP contribution is -1.94. The molecule has 1 aromatic carbocycles. The van der Waals surface area contributed by atoms with Crippen LogP contribution in [-0.4, -0.2) is 6.61 Å². The normalized spacial score (nSPS) is 9.00. The summed E-state index contributed by atoms with van der Waals surface area (Å²) in [7, 11) is 0. The molecule has 0 fully saturated rings. The van der Waals surface area contributed by atoms with E-state index in [0.29, 0.717) is 12.3 Å². The Hall–Kier alpha value is -1.62. The second-order valence-corrected chi connectivity index (χ2v) is 2.37. The van der Waals surface area contributed by atoms with E-state index in [9.17, 15) is 0 Å². The molecule has 2 N–H and O–H groups in total. The number of terminal acetylenes is 1. The van der Waals surface area contributed by atoms with Gasteiger partial charge in [-0.3, -0.25) is 0 Å². The number of nitrogen functional groups attached to an aromatic ring is 1. The van der Waals surface area contributed by atoms with Gasteiger partial charge in [-0.1, -0.05) is 5.92 Å². The lowest BCUT2D eigenvalue weighted by atomic mass is 10.2. The first-order valence-electron chi connectivity index (χ1n) is 3.76. The maximum absolute atomic E-state index is 5.59. The van der Waals surface area contributed by atoms with Crippen molar-refractivity contribution in [1.82, 2.24) is 0 Å². The Morgan fingerprint density at radius 1 is 1.50 bits per heavy atom. The predicted molar refractivity (Wildman–Crippen MR) is 50.0 cm³/mol. The molecule has 0 spiro atoms. The quantitative estimate of drug-likeness (QED) is 0.528. The fourth-order valence-corrected chi connectivity index (χ4v) is 0.955. The fraction of sp³-hybridized carbons (Fsp3) is 0.200. The van der Waals surface area contributed by atoms with E-state index in [-0.39, 0.29) is 0 Å². The Labute approximate surface area is 72.3 Å². The van der Waals surface area contributed by atoms with Gasteiger partial charge in [0.15, 0.2) is 0 Å². The molecule has 0 aliphatic carbocycles. The molecule has 0 saturated carbocycles. The lowest BCUT2D eigenvalue weighted by Gasteiger charge is -2.04. The first-order chi connectivity index (χ1) is 5.76. The average Bonchev–Trinajstić information content (AvgIpc) is 2.04. The molecular weight excluding hydrogens is 150 g/mol. The smallest absolute Gasteiger partial charge is 0.122 e. The molecule has 62 valence electrons. The fourth-order valence-electron chi connectivity index (χ4n) is 0.955. The molecule has 0 radical (unpaired) electrons. The van der Waals surface area contributed by atoms with Crippen molar-refractivity contribution in [2.45, 2.75) is 6.92 Å². The maximum atomic E-state index is 5.59. The zero-order valence-corrected chi connectivity index (χ0v) is 7.00. The maximum Gasteiger partial charge on any atom is 0.122 e. The van der Waals surface area contributed by atoms with Gasteiger partial charge in [0, 0.05) is 17.3 Å². The number of hydrogen-bond donors (Lipinski definition) is 1. The first-order valence-corrected chi connectivity index (χ1v) is 3.76. The summed E-state index contributed by atoms with van der Waals surface area (Å²) < 4.78 is 5.25. The highest BCUT2D eigenvalue weighted by molar-refractivity contribution is 5.52. The van der Waals surface area contributed by atoms with Crippen molar-refractivity contribution >= 4 is 5.69 Å². The first kappa shape index (κ1) is 8.48. The van der Waals surface area contributed by atoms with E-state index in [1.807, 2.05) is 6.92 Å². The third-order valence-corrected chi connectivity index (χ3v) is 1.41. The summed E-state index contributed by atoms with van der Waals surface area (Å²) in [6, 6.07) is 5.28. The molecule has 0 unspecified atom stereocenters. The molecule has 2 nitrogen and oxygen atoms in total. The number of nitrogens with two attached hydrogens (primary N) is 1. The van der Waals surface area contributed by atoms with Crippen LogP contribution in [0.25, 0.3) is 0 Å². The van der Waals surface area contributed by atoms with E-state index >= 15 is 0 Å². The third-order valence-electron chi connectivity index (χ3n) is 1.41. The predicted octanol–water partition coefficient (Wildman–Crippen LogP) is 1.65. The van der Waals surface area contributed by atoms with Crippen LogP contribution in [0.4, 0.5) is 5.69 Å². The van der Waals surface area contributed by atoms with Crippen LogP contribution < -0.4 is 10.5 Å². The van der Waals surface area contributed by atoms with Crippen LogP contribution in [0, 0.1) is 12.3 Å². The van der Waals surface area contributed by atoms with Crippen LogP contribution in [-0.2, 0) is 0 Å². The molecule has 0 heterocycles. The second kappa shape index (κ2) is 3.68. The molecule has 0 saturated heterocycles. The van der Waals surface area contributed by atoms with Gasteiger partial charge in [-0.05, 0) is 19.1 Å². The van der Waals surface area contributed by atoms with Gasteiger partial charge in [-0.25, -0.2) is 0 Å². The Morgan fingerprint density at radius 2 is 2.25 bits per heavy atom. The lowest BCUT2D eigenvalue weighted by molar-refractivity contribution is 0.340. The van der Waals surface area contributed by atoms with Crippen LogP contribution in [0.15, 0.2) is 18.2 Å². The highest BCUT2D eigenvalue weighted by atomic mass is 16.5. The van der Waals surface area contributed by atoms with Gasteiger partial charge in [0.25, 0.3) is 0 Å². The number of rotatable bonds is 2. The molecule has 0 atom stereocenters. The largest absolute Gasteiger partial charge is 0.494 e. The van der Waals surface area contributed by atoms with E-state index in [2.05, 4.69) is 5.92 Å². The molecule has 0 bridgehead atoms. The summed E-state index contributed by atoms with van der Waals surface area (Å²) >= 11 is 0. The summed E-state index contributed by atoms with van der Waals surface area (Å²) in [5.74, 6) is 3.23. The third kappa shape index (κ3) is 1.93. The van der Waals surface area contributed by atoms with Gasteiger partial charge in [-0.15, -0.1) is 6.42 Å². The van der Waals surface area contributed by atoms with Gasteiger partial charge in [0.2, 0.25) is 0 Å². The van der Waals surface area contributed by atoms with Crippen molar-refractivity contribution in [3.63, 3.8) is 0 Å². The van der Waals surface area contributed by atoms with E-state index in [1.165, 1.54) is 0 Å². The molecular formula is C10H11NO. The van der Waals surface area contributed by atoms with Crippen LogP contribution >= 0.6 is 0 Å². The number of benzene rings is 1. The molecule has 12 heavy (non-hydrogen) atoms. The van der Waals surface area contributed by atoms with Gasteiger partial charge in [0.1, 0.15) is 5.75 Å². The van der Waals surface area contributed by atoms with Crippen LogP contribution in [0.3, 0.4) is 0 Å². The summed E-state index contributed by atoms with van der Waals surface area (Å²) in [5.41, 5.74) is 6.97. The van der Waals surface area contributed by atoms with Crippen LogP contribution in [0.2, 0.25) is 0 Å². The molecule has 0 aliphatic heterocycles. The average molecular weight is 161 g/mol. The second-order valence-electron chi connectivity index (χ2n) is 2.37. The summed E-state index contributed by atoms with van der Waals surface area (Å²) in [4.78, 5) is 0. The van der Waals surface area contributed by atoms with Crippen molar-refractivity contribution in [3.05, 3.63) is 23.8 Å². The zero-order chi connectivity index (χ0) is 8.97. The summed E-state index contributed by atoms with van der Waals surface area (Å²) in [6.07, 6.45) is 5.22. The molecule has 0 amide bonds. The van der Waals surface area contributed by atoms with Gasteiger partial charge >= 0.3 is 0 Å². The van der Waals surface area contributed by atoms with Crippen LogP contribution in [0.1, 0.15) is 12.5 Å². The standard InChI is InChI=1S/C10H11NO/c1-3-8-5-9(11)7-10(6-8)12-4-2/h1,5-7H,4,11H2,2H3. The molecule has 1 aromatic rings. The minimum Gasteiger partial charge on any atom is -0.494 e. The summed E-state index contributed by atoms with van der Waals surface area (Å²) in [6.45, 7) is 2.53.